The number of hydrogen-bond acceptors (Lipinski definition) is 5. The van der Waals surface area contributed by atoms with E-state index in [1.807, 2.05) is 0 Å². The summed E-state index contributed by atoms with van der Waals surface area (Å²) in [4.78, 5) is 28.4. The van der Waals surface area contributed by atoms with Gasteiger partial charge >= 0.3 is 0 Å². The van der Waals surface area contributed by atoms with Crippen LogP contribution in [0.25, 0.3) is 0 Å². The smallest absolute Gasteiger partial charge is 0.232 e. The maximum atomic E-state index is 12.5. The molecule has 0 spiro atoms. The van der Waals surface area contributed by atoms with Crippen LogP contribution in [0, 0.1) is 11.3 Å². The first-order chi connectivity index (χ1) is 11.1. The van der Waals surface area contributed by atoms with Crippen LogP contribution in [0.5, 0.6) is 0 Å². The second kappa shape index (κ2) is 6.64. The summed E-state index contributed by atoms with van der Waals surface area (Å²) in [6.07, 6.45) is 4.69. The van der Waals surface area contributed by atoms with Crippen molar-refractivity contribution in [3.8, 4) is 0 Å². The fourth-order valence-electron chi connectivity index (χ4n) is 2.67. The van der Waals surface area contributed by atoms with Crippen LogP contribution in [-0.4, -0.2) is 36.6 Å². The molecule has 0 bridgehead atoms. The van der Waals surface area contributed by atoms with Crippen LogP contribution in [0.3, 0.4) is 0 Å². The Morgan fingerprint density at radius 1 is 1.26 bits per heavy atom. The van der Waals surface area contributed by atoms with E-state index in [1.54, 1.807) is 18.3 Å². The van der Waals surface area contributed by atoms with Gasteiger partial charge in [0.25, 0.3) is 0 Å². The zero-order chi connectivity index (χ0) is 16.3. The number of carbonyl (C=O) groups is 2. The van der Waals surface area contributed by atoms with Gasteiger partial charge in [0.15, 0.2) is 0 Å². The predicted molar refractivity (Wildman–Crippen MR) is 85.8 cm³/mol. The summed E-state index contributed by atoms with van der Waals surface area (Å²) in [7, 11) is 0. The topological polar surface area (TPSA) is 106 Å². The zero-order valence-electron chi connectivity index (χ0n) is 13.0. The Labute approximate surface area is 135 Å². The SMILES string of the molecule is NCC1(C(=O)Nc2ccc(NC(=O)C3CC3)nc2)CCOCC1. The molecule has 124 valence electrons. The molecule has 0 aromatic carbocycles. The Hall–Kier alpha value is -1.99. The molecular weight excluding hydrogens is 296 g/mol. The van der Waals surface area contributed by atoms with Gasteiger partial charge in [0.2, 0.25) is 11.8 Å². The summed E-state index contributed by atoms with van der Waals surface area (Å²) in [6.45, 7) is 1.40. The van der Waals surface area contributed by atoms with Crippen LogP contribution in [0.4, 0.5) is 11.5 Å². The second-order valence-corrected chi connectivity index (χ2v) is 6.25. The number of nitrogens with one attached hydrogen (secondary N) is 2. The Bertz CT molecular complexity index is 577. The number of amides is 2. The van der Waals surface area contributed by atoms with E-state index >= 15 is 0 Å². The first kappa shape index (κ1) is 15.9. The average molecular weight is 318 g/mol. The molecule has 4 N–H and O–H groups in total. The van der Waals surface area contributed by atoms with E-state index in [0.29, 0.717) is 44.1 Å². The molecular formula is C16H22N4O3. The minimum absolute atomic E-state index is 0.0126. The van der Waals surface area contributed by atoms with Gasteiger partial charge in [-0.1, -0.05) is 0 Å². The summed E-state index contributed by atoms with van der Waals surface area (Å²) in [5, 5.41) is 5.64. The van der Waals surface area contributed by atoms with Crippen molar-refractivity contribution in [2.45, 2.75) is 25.7 Å². The van der Waals surface area contributed by atoms with Crippen molar-refractivity contribution < 1.29 is 14.3 Å². The highest BCUT2D eigenvalue weighted by molar-refractivity contribution is 5.96. The van der Waals surface area contributed by atoms with Crippen LogP contribution in [-0.2, 0) is 14.3 Å². The van der Waals surface area contributed by atoms with Gasteiger partial charge in [-0.2, -0.15) is 0 Å². The molecule has 7 nitrogen and oxygen atoms in total. The van der Waals surface area contributed by atoms with Crippen LogP contribution in [0.15, 0.2) is 18.3 Å². The summed E-state index contributed by atoms with van der Waals surface area (Å²) < 4.78 is 5.32. The van der Waals surface area contributed by atoms with E-state index in [9.17, 15) is 9.59 Å². The molecule has 1 aliphatic carbocycles. The van der Waals surface area contributed by atoms with E-state index in [0.717, 1.165) is 12.8 Å². The molecule has 1 aliphatic heterocycles. The monoisotopic (exact) mass is 318 g/mol. The summed E-state index contributed by atoms with van der Waals surface area (Å²) in [5.41, 5.74) is 5.85. The van der Waals surface area contributed by atoms with Crippen molar-refractivity contribution >= 4 is 23.3 Å². The van der Waals surface area contributed by atoms with Crippen molar-refractivity contribution in [1.82, 2.24) is 4.98 Å². The number of ether oxygens (including phenoxy) is 1. The molecule has 7 heteroatoms. The lowest BCUT2D eigenvalue weighted by molar-refractivity contribution is -0.130. The minimum Gasteiger partial charge on any atom is -0.381 e. The molecule has 1 aromatic heterocycles. The summed E-state index contributed by atoms with van der Waals surface area (Å²) in [6, 6.07) is 3.42. The first-order valence-electron chi connectivity index (χ1n) is 7.99. The van der Waals surface area contributed by atoms with Crippen molar-refractivity contribution in [2.24, 2.45) is 17.1 Å². The van der Waals surface area contributed by atoms with E-state index in [2.05, 4.69) is 15.6 Å². The second-order valence-electron chi connectivity index (χ2n) is 6.25. The third-order valence-electron chi connectivity index (χ3n) is 4.54. The summed E-state index contributed by atoms with van der Waals surface area (Å²) in [5.74, 6) is 0.548. The van der Waals surface area contributed by atoms with Gasteiger partial charge in [-0.25, -0.2) is 4.98 Å². The number of nitrogens with zero attached hydrogens (tertiary/aromatic N) is 1. The molecule has 2 fully saturated rings. The molecule has 2 aliphatic rings. The third kappa shape index (κ3) is 3.68. The van der Waals surface area contributed by atoms with Crippen LogP contribution >= 0.6 is 0 Å². The Morgan fingerprint density at radius 3 is 2.57 bits per heavy atom. The fourth-order valence-corrected chi connectivity index (χ4v) is 2.67. The molecule has 3 rings (SSSR count). The number of rotatable bonds is 5. The van der Waals surface area contributed by atoms with E-state index in [1.165, 1.54) is 0 Å². The Kier molecular flexibility index (Phi) is 4.58. The minimum atomic E-state index is -0.572. The molecule has 0 atom stereocenters. The maximum absolute atomic E-state index is 12.5. The van der Waals surface area contributed by atoms with Gasteiger partial charge in [0.05, 0.1) is 17.3 Å². The zero-order valence-corrected chi connectivity index (χ0v) is 13.0. The number of aromatic nitrogens is 1. The molecule has 1 aromatic rings. The lowest BCUT2D eigenvalue weighted by atomic mass is 9.79. The normalized spacial score (nSPS) is 19.9. The van der Waals surface area contributed by atoms with Crippen molar-refractivity contribution in [1.29, 1.82) is 0 Å². The highest BCUT2D eigenvalue weighted by Crippen LogP contribution is 2.31. The summed E-state index contributed by atoms with van der Waals surface area (Å²) >= 11 is 0. The van der Waals surface area contributed by atoms with Gasteiger partial charge in [0.1, 0.15) is 5.82 Å². The van der Waals surface area contributed by atoms with E-state index in [4.69, 9.17) is 10.5 Å². The van der Waals surface area contributed by atoms with Crippen LogP contribution in [0.1, 0.15) is 25.7 Å². The standard InChI is InChI=1S/C16H22N4O3/c17-10-16(5-7-23-8-6-16)15(22)19-12-3-4-13(18-9-12)20-14(21)11-1-2-11/h3-4,9,11H,1-2,5-8,10,17H2,(H,19,22)(H,18,20,21). The molecule has 1 saturated carbocycles. The lowest BCUT2D eigenvalue weighted by Crippen LogP contribution is -2.46. The number of hydrogen-bond donors (Lipinski definition) is 3. The largest absolute Gasteiger partial charge is 0.381 e. The number of nitrogens with two attached hydrogens (primary N) is 1. The number of anilines is 2. The molecule has 23 heavy (non-hydrogen) atoms. The van der Waals surface area contributed by atoms with E-state index < -0.39 is 5.41 Å². The van der Waals surface area contributed by atoms with E-state index in [-0.39, 0.29) is 17.7 Å². The van der Waals surface area contributed by atoms with Gasteiger partial charge in [-0.15, -0.1) is 0 Å². The van der Waals surface area contributed by atoms with Crippen LogP contribution in [0.2, 0.25) is 0 Å². The van der Waals surface area contributed by atoms with Gasteiger partial charge in [0, 0.05) is 25.7 Å². The molecule has 0 unspecified atom stereocenters. The number of carbonyl (C=O) groups excluding carboxylic acids is 2. The highest BCUT2D eigenvalue weighted by atomic mass is 16.5. The lowest BCUT2D eigenvalue weighted by Gasteiger charge is -2.34. The fraction of sp³-hybridized carbons (Fsp3) is 0.562. The van der Waals surface area contributed by atoms with Crippen molar-refractivity contribution in [2.75, 3.05) is 30.4 Å². The average Bonchev–Trinajstić information content (AvgIpc) is 3.42. The van der Waals surface area contributed by atoms with Gasteiger partial charge < -0.3 is 21.1 Å². The maximum Gasteiger partial charge on any atom is 0.232 e. The molecule has 2 heterocycles. The molecule has 0 radical (unpaired) electrons. The molecule has 1 saturated heterocycles. The first-order valence-corrected chi connectivity index (χ1v) is 7.99. The Balaban J connectivity index is 1.60. The van der Waals surface area contributed by atoms with Gasteiger partial charge in [-0.3, -0.25) is 9.59 Å². The van der Waals surface area contributed by atoms with Crippen LogP contribution < -0.4 is 16.4 Å². The predicted octanol–water partition coefficient (Wildman–Crippen LogP) is 1.12. The van der Waals surface area contributed by atoms with Gasteiger partial charge in [-0.05, 0) is 37.8 Å². The third-order valence-corrected chi connectivity index (χ3v) is 4.54. The quantitative estimate of drug-likeness (QED) is 0.754. The molecule has 2 amide bonds. The van der Waals surface area contributed by atoms with Crippen molar-refractivity contribution in [3.63, 3.8) is 0 Å². The number of pyridine rings is 1. The highest BCUT2D eigenvalue weighted by Gasteiger charge is 2.38. The Morgan fingerprint density at radius 2 is 2.00 bits per heavy atom. The van der Waals surface area contributed by atoms with Crippen molar-refractivity contribution in [3.05, 3.63) is 18.3 Å².